The molecular formula is C24H19N3O4S. The molecule has 0 unspecified atom stereocenters. The molecular weight excluding hydrogens is 426 g/mol. The number of nitrogens with one attached hydrogen (secondary N) is 1. The van der Waals surface area contributed by atoms with Gasteiger partial charge >= 0.3 is 0 Å². The van der Waals surface area contributed by atoms with E-state index in [1.54, 1.807) is 51.8 Å². The number of carbonyl (C=O) groups is 1. The van der Waals surface area contributed by atoms with Crippen LogP contribution in [-0.4, -0.2) is 32.6 Å². The lowest BCUT2D eigenvalue weighted by Gasteiger charge is -2.16. The maximum absolute atomic E-state index is 10.9. The van der Waals surface area contributed by atoms with E-state index in [1.807, 2.05) is 18.2 Å². The summed E-state index contributed by atoms with van der Waals surface area (Å²) in [5, 5.41) is 13.0. The van der Waals surface area contributed by atoms with Gasteiger partial charge in [-0.1, -0.05) is 24.3 Å². The molecule has 2 aromatic carbocycles. The van der Waals surface area contributed by atoms with Crippen LogP contribution in [0.2, 0.25) is 0 Å². The van der Waals surface area contributed by atoms with Gasteiger partial charge in [-0.25, -0.2) is 0 Å². The van der Waals surface area contributed by atoms with Gasteiger partial charge in [0.1, 0.15) is 12.4 Å². The Morgan fingerprint density at radius 3 is 2.28 bits per heavy atom. The highest BCUT2D eigenvalue weighted by atomic mass is 32.1. The summed E-state index contributed by atoms with van der Waals surface area (Å²) in [5.41, 5.74) is 4.08. The van der Waals surface area contributed by atoms with Crippen LogP contribution in [0, 0.1) is 11.3 Å². The number of hydrogen-bond acceptors (Lipinski definition) is 8. The van der Waals surface area contributed by atoms with Crippen LogP contribution in [0.1, 0.15) is 15.9 Å². The van der Waals surface area contributed by atoms with E-state index in [2.05, 4.69) is 16.4 Å². The number of methoxy groups -OCH3 is 3. The van der Waals surface area contributed by atoms with Crippen molar-refractivity contribution in [2.75, 3.05) is 26.6 Å². The summed E-state index contributed by atoms with van der Waals surface area (Å²) in [5.74, 6) is 1.48. The molecule has 0 spiro atoms. The molecule has 0 aliphatic rings. The van der Waals surface area contributed by atoms with Crippen molar-refractivity contribution in [2.45, 2.75) is 0 Å². The highest BCUT2D eigenvalue weighted by Crippen LogP contribution is 2.43. The Balaban J connectivity index is 1.82. The first-order valence-electron chi connectivity index (χ1n) is 9.57. The lowest BCUT2D eigenvalue weighted by atomic mass is 10.1. The Hall–Kier alpha value is -4.09. The standard InChI is InChI=1S/C24H19N3O4S/c1-29-19-8-17(9-20(30-2)23(19)31-3)27-22-16(11-25)12-26-18-10-21(32-24(18)22)15-6-4-14(13-28)5-7-15/h4-10,12-13H,1-3H3,(H,26,27). The minimum Gasteiger partial charge on any atom is -0.493 e. The van der Waals surface area contributed by atoms with E-state index in [0.717, 1.165) is 26.9 Å². The molecule has 7 nitrogen and oxygen atoms in total. The van der Waals surface area contributed by atoms with Crippen LogP contribution >= 0.6 is 11.3 Å². The number of nitrogens with zero attached hydrogens (tertiary/aromatic N) is 2. The number of hydrogen-bond donors (Lipinski definition) is 1. The van der Waals surface area contributed by atoms with Crippen molar-refractivity contribution >= 4 is 39.2 Å². The van der Waals surface area contributed by atoms with E-state index in [9.17, 15) is 10.1 Å². The third-order valence-corrected chi connectivity index (χ3v) is 6.12. The van der Waals surface area contributed by atoms with Crippen molar-refractivity contribution in [2.24, 2.45) is 0 Å². The fraction of sp³-hybridized carbons (Fsp3) is 0.125. The number of carbonyl (C=O) groups excluding carboxylic acids is 1. The van der Waals surface area contributed by atoms with Crippen LogP contribution < -0.4 is 19.5 Å². The van der Waals surface area contributed by atoms with Gasteiger partial charge in [-0.3, -0.25) is 9.78 Å². The summed E-state index contributed by atoms with van der Waals surface area (Å²) < 4.78 is 17.1. The van der Waals surface area contributed by atoms with Crippen molar-refractivity contribution in [3.63, 3.8) is 0 Å². The lowest BCUT2D eigenvalue weighted by molar-refractivity contribution is 0.112. The minimum absolute atomic E-state index is 0.413. The smallest absolute Gasteiger partial charge is 0.203 e. The number of pyridine rings is 1. The summed E-state index contributed by atoms with van der Waals surface area (Å²) in [4.78, 5) is 16.4. The van der Waals surface area contributed by atoms with Gasteiger partial charge in [0.25, 0.3) is 0 Å². The second kappa shape index (κ2) is 8.96. The zero-order valence-corrected chi connectivity index (χ0v) is 18.4. The Kier molecular flexibility index (Phi) is 5.92. The number of nitriles is 1. The molecule has 0 fully saturated rings. The third kappa shape index (κ3) is 3.82. The zero-order valence-electron chi connectivity index (χ0n) is 17.6. The summed E-state index contributed by atoms with van der Waals surface area (Å²) >= 11 is 1.52. The molecule has 0 aliphatic heterocycles. The van der Waals surface area contributed by atoms with E-state index < -0.39 is 0 Å². The van der Waals surface area contributed by atoms with Crippen molar-refractivity contribution in [3.05, 3.63) is 59.8 Å². The molecule has 4 aromatic rings. The maximum atomic E-state index is 10.9. The van der Waals surface area contributed by atoms with Crippen LogP contribution in [0.25, 0.3) is 20.7 Å². The Labute approximate surface area is 188 Å². The van der Waals surface area contributed by atoms with Gasteiger partial charge in [-0.15, -0.1) is 11.3 Å². The Bertz CT molecular complexity index is 1320. The molecule has 0 atom stereocenters. The van der Waals surface area contributed by atoms with Crippen LogP contribution in [0.4, 0.5) is 11.4 Å². The molecule has 0 radical (unpaired) electrons. The van der Waals surface area contributed by atoms with Gasteiger partial charge in [-0.2, -0.15) is 5.26 Å². The van der Waals surface area contributed by atoms with E-state index in [0.29, 0.717) is 39.8 Å². The van der Waals surface area contributed by atoms with Gasteiger partial charge in [0.15, 0.2) is 11.5 Å². The topological polar surface area (TPSA) is 93.5 Å². The van der Waals surface area contributed by atoms with Gasteiger partial charge in [-0.05, 0) is 11.6 Å². The lowest BCUT2D eigenvalue weighted by Crippen LogP contribution is -1.99. The average Bonchev–Trinajstić information content (AvgIpc) is 3.28. The first-order chi connectivity index (χ1) is 15.6. The summed E-state index contributed by atoms with van der Waals surface area (Å²) in [6, 6.07) is 15.1. The van der Waals surface area contributed by atoms with Crippen molar-refractivity contribution < 1.29 is 19.0 Å². The van der Waals surface area contributed by atoms with Crippen LogP contribution in [0.15, 0.2) is 48.7 Å². The Morgan fingerprint density at radius 2 is 1.72 bits per heavy atom. The second-order valence-corrected chi connectivity index (χ2v) is 7.81. The Morgan fingerprint density at radius 1 is 1.03 bits per heavy atom. The predicted molar refractivity (Wildman–Crippen MR) is 125 cm³/mol. The van der Waals surface area contributed by atoms with Gasteiger partial charge in [0.05, 0.1) is 42.8 Å². The third-order valence-electron chi connectivity index (χ3n) is 4.93. The zero-order chi connectivity index (χ0) is 22.7. The first-order valence-corrected chi connectivity index (χ1v) is 10.4. The second-order valence-electron chi connectivity index (χ2n) is 6.76. The molecule has 160 valence electrons. The van der Waals surface area contributed by atoms with Crippen LogP contribution in [0.5, 0.6) is 17.2 Å². The van der Waals surface area contributed by atoms with Crippen molar-refractivity contribution in [3.8, 4) is 33.8 Å². The highest BCUT2D eigenvalue weighted by Gasteiger charge is 2.17. The van der Waals surface area contributed by atoms with Crippen molar-refractivity contribution in [1.82, 2.24) is 4.98 Å². The number of thiophene rings is 1. The number of fused-ring (bicyclic) bond motifs is 1. The monoisotopic (exact) mass is 445 g/mol. The molecule has 8 heteroatoms. The summed E-state index contributed by atoms with van der Waals surface area (Å²) in [6.07, 6.45) is 2.36. The summed E-state index contributed by atoms with van der Waals surface area (Å²) in [6.45, 7) is 0. The average molecular weight is 446 g/mol. The molecule has 0 saturated heterocycles. The quantitative estimate of drug-likeness (QED) is 0.380. The number of anilines is 2. The molecule has 2 heterocycles. The number of aldehydes is 1. The van der Waals surface area contributed by atoms with E-state index in [4.69, 9.17) is 14.2 Å². The molecule has 2 aromatic heterocycles. The van der Waals surface area contributed by atoms with E-state index in [1.165, 1.54) is 11.3 Å². The number of rotatable bonds is 7. The van der Waals surface area contributed by atoms with Crippen LogP contribution in [0.3, 0.4) is 0 Å². The first kappa shape index (κ1) is 21.2. The SMILES string of the molecule is COc1cc(Nc2c(C#N)cnc3cc(-c4ccc(C=O)cc4)sc23)cc(OC)c1OC. The molecule has 0 saturated carbocycles. The molecule has 4 rings (SSSR count). The predicted octanol–water partition coefficient (Wildman–Crippen LogP) is 5.42. The minimum atomic E-state index is 0.413. The number of aromatic nitrogens is 1. The molecule has 0 bridgehead atoms. The fourth-order valence-corrected chi connectivity index (χ4v) is 4.48. The van der Waals surface area contributed by atoms with Gasteiger partial charge in [0, 0.05) is 34.5 Å². The van der Waals surface area contributed by atoms with Crippen LogP contribution in [-0.2, 0) is 0 Å². The summed E-state index contributed by atoms with van der Waals surface area (Å²) in [7, 11) is 4.64. The van der Waals surface area contributed by atoms with E-state index >= 15 is 0 Å². The van der Waals surface area contributed by atoms with Gasteiger partial charge in [0.2, 0.25) is 5.75 Å². The number of ether oxygens (including phenoxy) is 3. The molecule has 32 heavy (non-hydrogen) atoms. The maximum Gasteiger partial charge on any atom is 0.203 e. The highest BCUT2D eigenvalue weighted by molar-refractivity contribution is 7.22. The normalized spacial score (nSPS) is 10.4. The fourth-order valence-electron chi connectivity index (χ4n) is 3.35. The molecule has 0 amide bonds. The van der Waals surface area contributed by atoms with Crippen molar-refractivity contribution in [1.29, 1.82) is 5.26 Å². The largest absolute Gasteiger partial charge is 0.493 e. The molecule has 0 aliphatic carbocycles. The van der Waals surface area contributed by atoms with Gasteiger partial charge < -0.3 is 19.5 Å². The molecule has 1 N–H and O–H groups in total. The van der Waals surface area contributed by atoms with E-state index in [-0.39, 0.29) is 0 Å². The number of benzene rings is 2.